The quantitative estimate of drug-likeness (QED) is 0.846. The third-order valence-corrected chi connectivity index (χ3v) is 5.01. The standard InChI is InChI=1S/C21H23F2N3O3/c1-12(10-24)15-4-6-18-19(8-15)25(11-13(2)26(18)14(3)27)21(28)29-20-7-5-16(22)9-17(20)23/h4-9,12-13H,10-11,24H2,1-3H3/t12?,13-/m0/s1. The number of anilines is 2. The highest BCUT2D eigenvalue weighted by Crippen LogP contribution is 2.38. The molecule has 1 unspecified atom stereocenters. The highest BCUT2D eigenvalue weighted by Gasteiger charge is 2.35. The van der Waals surface area contributed by atoms with E-state index in [2.05, 4.69) is 0 Å². The van der Waals surface area contributed by atoms with E-state index in [0.717, 1.165) is 17.7 Å². The van der Waals surface area contributed by atoms with Crippen LogP contribution in [0.15, 0.2) is 36.4 Å². The molecule has 1 aliphatic rings. The van der Waals surface area contributed by atoms with Crippen LogP contribution in [0.25, 0.3) is 0 Å². The molecule has 2 aromatic carbocycles. The van der Waals surface area contributed by atoms with Gasteiger partial charge in [0.1, 0.15) is 5.82 Å². The summed E-state index contributed by atoms with van der Waals surface area (Å²) in [6.07, 6.45) is -0.815. The number of nitrogens with zero attached hydrogens (tertiary/aromatic N) is 2. The summed E-state index contributed by atoms with van der Waals surface area (Å²) >= 11 is 0. The molecule has 8 heteroatoms. The number of carbonyl (C=O) groups excluding carboxylic acids is 2. The Kier molecular flexibility index (Phi) is 5.83. The highest BCUT2D eigenvalue weighted by molar-refractivity contribution is 6.02. The number of rotatable bonds is 3. The highest BCUT2D eigenvalue weighted by atomic mass is 19.1. The lowest BCUT2D eigenvalue weighted by molar-refractivity contribution is -0.117. The number of amides is 2. The Labute approximate surface area is 167 Å². The van der Waals surface area contributed by atoms with E-state index >= 15 is 0 Å². The predicted octanol–water partition coefficient (Wildman–Crippen LogP) is 3.79. The van der Waals surface area contributed by atoms with E-state index in [0.29, 0.717) is 24.0 Å². The molecule has 29 heavy (non-hydrogen) atoms. The molecule has 3 rings (SSSR count). The summed E-state index contributed by atoms with van der Waals surface area (Å²) in [5.41, 5.74) is 7.69. The number of ether oxygens (including phenoxy) is 1. The lowest BCUT2D eigenvalue weighted by Gasteiger charge is -2.40. The Bertz CT molecular complexity index is 951. The maximum Gasteiger partial charge on any atom is 0.419 e. The normalized spacial score (nSPS) is 17.0. The molecular weight excluding hydrogens is 380 g/mol. The fourth-order valence-corrected chi connectivity index (χ4v) is 3.44. The zero-order valence-electron chi connectivity index (χ0n) is 16.5. The van der Waals surface area contributed by atoms with Gasteiger partial charge in [-0.25, -0.2) is 13.6 Å². The van der Waals surface area contributed by atoms with Crippen LogP contribution in [0, 0.1) is 11.6 Å². The number of hydrogen-bond donors (Lipinski definition) is 1. The Morgan fingerprint density at radius 2 is 1.93 bits per heavy atom. The van der Waals surface area contributed by atoms with Crippen LogP contribution in [0.5, 0.6) is 5.75 Å². The van der Waals surface area contributed by atoms with Crippen LogP contribution in [-0.4, -0.2) is 31.1 Å². The van der Waals surface area contributed by atoms with E-state index in [1.54, 1.807) is 24.0 Å². The van der Waals surface area contributed by atoms with Crippen molar-refractivity contribution in [3.8, 4) is 5.75 Å². The molecule has 0 fully saturated rings. The summed E-state index contributed by atoms with van der Waals surface area (Å²) in [4.78, 5) is 28.0. The van der Waals surface area contributed by atoms with Crippen molar-refractivity contribution < 1.29 is 23.1 Å². The average Bonchev–Trinajstić information content (AvgIpc) is 2.68. The fraction of sp³-hybridized carbons (Fsp3) is 0.333. The summed E-state index contributed by atoms with van der Waals surface area (Å²) in [6.45, 7) is 5.79. The Morgan fingerprint density at radius 3 is 2.55 bits per heavy atom. The fourth-order valence-electron chi connectivity index (χ4n) is 3.44. The molecule has 2 N–H and O–H groups in total. The van der Waals surface area contributed by atoms with Crippen molar-refractivity contribution in [2.45, 2.75) is 32.7 Å². The van der Waals surface area contributed by atoms with Crippen molar-refractivity contribution in [3.63, 3.8) is 0 Å². The number of halogens is 2. The van der Waals surface area contributed by atoms with Crippen LogP contribution in [0.4, 0.5) is 25.0 Å². The van der Waals surface area contributed by atoms with Crippen LogP contribution in [0.3, 0.4) is 0 Å². The van der Waals surface area contributed by atoms with E-state index < -0.39 is 17.7 Å². The van der Waals surface area contributed by atoms with Gasteiger partial charge >= 0.3 is 6.09 Å². The molecule has 0 aromatic heterocycles. The van der Waals surface area contributed by atoms with E-state index in [-0.39, 0.29) is 30.2 Å². The number of nitrogens with two attached hydrogens (primary N) is 1. The van der Waals surface area contributed by atoms with Crippen molar-refractivity contribution in [2.24, 2.45) is 5.73 Å². The largest absolute Gasteiger partial charge is 0.419 e. The number of fused-ring (bicyclic) bond motifs is 1. The summed E-state index contributed by atoms with van der Waals surface area (Å²) in [7, 11) is 0. The second-order valence-electron chi connectivity index (χ2n) is 7.18. The molecule has 0 saturated carbocycles. The van der Waals surface area contributed by atoms with Gasteiger partial charge in [0.25, 0.3) is 0 Å². The zero-order valence-corrected chi connectivity index (χ0v) is 16.5. The molecule has 2 aromatic rings. The first-order valence-corrected chi connectivity index (χ1v) is 9.31. The van der Waals surface area contributed by atoms with E-state index in [9.17, 15) is 18.4 Å². The van der Waals surface area contributed by atoms with Gasteiger partial charge in [-0.2, -0.15) is 0 Å². The van der Waals surface area contributed by atoms with Crippen molar-refractivity contribution in [1.82, 2.24) is 0 Å². The minimum atomic E-state index is -0.973. The first-order valence-electron chi connectivity index (χ1n) is 9.31. The van der Waals surface area contributed by atoms with Crippen LogP contribution in [-0.2, 0) is 4.79 Å². The molecule has 1 aliphatic heterocycles. The van der Waals surface area contributed by atoms with Crippen LogP contribution in [0.1, 0.15) is 32.3 Å². The molecule has 2 amide bonds. The molecule has 2 atom stereocenters. The van der Waals surface area contributed by atoms with Gasteiger partial charge in [0.05, 0.1) is 17.4 Å². The second-order valence-corrected chi connectivity index (χ2v) is 7.18. The average molecular weight is 403 g/mol. The summed E-state index contributed by atoms with van der Waals surface area (Å²) in [5.74, 6) is -2.23. The maximum absolute atomic E-state index is 13.9. The van der Waals surface area contributed by atoms with Crippen LogP contribution < -0.4 is 20.3 Å². The molecular formula is C21H23F2N3O3. The van der Waals surface area contributed by atoms with Gasteiger partial charge in [-0.3, -0.25) is 9.69 Å². The lowest BCUT2D eigenvalue weighted by atomic mass is 9.98. The van der Waals surface area contributed by atoms with E-state index in [4.69, 9.17) is 10.5 Å². The first-order chi connectivity index (χ1) is 13.7. The van der Waals surface area contributed by atoms with Gasteiger partial charge in [-0.1, -0.05) is 13.0 Å². The third kappa shape index (κ3) is 4.07. The SMILES string of the molecule is CC(=O)N1c2ccc(C(C)CN)cc2N(C(=O)Oc2ccc(F)cc2F)C[C@@H]1C. The molecule has 0 aliphatic carbocycles. The van der Waals surface area contributed by atoms with Gasteiger partial charge in [0, 0.05) is 19.5 Å². The number of hydrogen-bond acceptors (Lipinski definition) is 4. The molecule has 0 radical (unpaired) electrons. The predicted molar refractivity (Wildman–Crippen MR) is 106 cm³/mol. The Morgan fingerprint density at radius 1 is 1.21 bits per heavy atom. The summed E-state index contributed by atoms with van der Waals surface area (Å²) in [6, 6.07) is 7.83. The van der Waals surface area contributed by atoms with E-state index in [1.807, 2.05) is 13.0 Å². The molecule has 0 spiro atoms. The Balaban J connectivity index is 2.01. The summed E-state index contributed by atoms with van der Waals surface area (Å²) in [5, 5.41) is 0. The molecule has 154 valence electrons. The van der Waals surface area contributed by atoms with Gasteiger partial charge in [-0.15, -0.1) is 0 Å². The summed E-state index contributed by atoms with van der Waals surface area (Å²) < 4.78 is 32.2. The monoisotopic (exact) mass is 403 g/mol. The van der Waals surface area contributed by atoms with Crippen molar-refractivity contribution in [2.75, 3.05) is 22.9 Å². The molecule has 0 saturated heterocycles. The Hall–Kier alpha value is -3.00. The molecule has 6 nitrogen and oxygen atoms in total. The van der Waals surface area contributed by atoms with Gasteiger partial charge in [0.15, 0.2) is 11.6 Å². The zero-order chi connectivity index (χ0) is 21.3. The lowest BCUT2D eigenvalue weighted by Crippen LogP contribution is -2.52. The minimum absolute atomic E-state index is 0.0397. The number of carbonyl (C=O) groups is 2. The first kappa shape index (κ1) is 20.7. The van der Waals surface area contributed by atoms with Crippen LogP contribution >= 0.6 is 0 Å². The van der Waals surface area contributed by atoms with Crippen molar-refractivity contribution >= 4 is 23.4 Å². The van der Waals surface area contributed by atoms with Gasteiger partial charge in [0.2, 0.25) is 5.91 Å². The van der Waals surface area contributed by atoms with Crippen molar-refractivity contribution in [1.29, 1.82) is 0 Å². The van der Waals surface area contributed by atoms with Gasteiger partial charge < -0.3 is 15.4 Å². The number of benzene rings is 2. The topological polar surface area (TPSA) is 75.9 Å². The van der Waals surface area contributed by atoms with Gasteiger partial charge in [-0.05, 0) is 49.2 Å². The molecule has 1 heterocycles. The minimum Gasteiger partial charge on any atom is -0.407 e. The second kappa shape index (κ2) is 8.16. The molecule has 0 bridgehead atoms. The third-order valence-electron chi connectivity index (χ3n) is 5.01. The van der Waals surface area contributed by atoms with Crippen molar-refractivity contribution in [3.05, 3.63) is 53.6 Å². The van der Waals surface area contributed by atoms with E-state index in [1.165, 1.54) is 11.8 Å². The maximum atomic E-state index is 13.9. The van der Waals surface area contributed by atoms with Crippen LogP contribution in [0.2, 0.25) is 0 Å². The smallest absolute Gasteiger partial charge is 0.407 e.